The van der Waals surface area contributed by atoms with Gasteiger partial charge in [0, 0.05) is 11.9 Å². The molecule has 0 bridgehead atoms. The average Bonchev–Trinajstić information content (AvgIpc) is 2.14. The van der Waals surface area contributed by atoms with Crippen LogP contribution in [0.5, 0.6) is 5.75 Å². The zero-order chi connectivity index (χ0) is 8.65. The molecule has 2 heteroatoms. The number of unbranched alkanes of at least 4 members (excludes halogenated alkanes) is 1. The number of benzene rings is 1. The molecule has 0 saturated carbocycles. The Labute approximate surface area is 78.3 Å². The summed E-state index contributed by atoms with van der Waals surface area (Å²) in [6.45, 7) is 0.729. The van der Waals surface area contributed by atoms with Crippen molar-refractivity contribution in [1.29, 1.82) is 0 Å². The van der Waals surface area contributed by atoms with E-state index in [1.54, 1.807) is 0 Å². The van der Waals surface area contributed by atoms with E-state index in [4.69, 9.17) is 16.3 Å². The van der Waals surface area contributed by atoms with E-state index >= 15 is 0 Å². The molecule has 0 amide bonds. The van der Waals surface area contributed by atoms with Gasteiger partial charge in [-0.25, -0.2) is 0 Å². The van der Waals surface area contributed by atoms with Crippen LogP contribution in [0.3, 0.4) is 0 Å². The van der Waals surface area contributed by atoms with Crippen LogP contribution < -0.4 is 4.74 Å². The van der Waals surface area contributed by atoms with E-state index in [1.807, 2.05) is 24.3 Å². The zero-order valence-corrected chi connectivity index (χ0v) is 7.68. The van der Waals surface area contributed by atoms with E-state index in [0.29, 0.717) is 5.88 Å². The third-order valence-electron chi connectivity index (χ3n) is 1.47. The molecule has 0 spiro atoms. The number of halogens is 1. The van der Waals surface area contributed by atoms with Crippen LogP contribution in [0, 0.1) is 6.07 Å². The van der Waals surface area contributed by atoms with Crippen LogP contribution in [0.15, 0.2) is 24.3 Å². The molecule has 0 unspecified atom stereocenters. The van der Waals surface area contributed by atoms with Crippen LogP contribution in [0.1, 0.15) is 12.8 Å². The predicted octanol–water partition coefficient (Wildman–Crippen LogP) is 2.88. The lowest BCUT2D eigenvalue weighted by Gasteiger charge is -2.03. The molecule has 0 fully saturated rings. The van der Waals surface area contributed by atoms with Crippen LogP contribution in [0.4, 0.5) is 0 Å². The second-order valence-electron chi connectivity index (χ2n) is 2.47. The van der Waals surface area contributed by atoms with Crippen molar-refractivity contribution in [2.45, 2.75) is 12.8 Å². The van der Waals surface area contributed by atoms with Gasteiger partial charge < -0.3 is 4.74 Å². The van der Waals surface area contributed by atoms with Crippen molar-refractivity contribution < 1.29 is 4.74 Å². The second-order valence-corrected chi connectivity index (χ2v) is 2.85. The van der Waals surface area contributed by atoms with Gasteiger partial charge in [0.25, 0.3) is 0 Å². The third-order valence-corrected chi connectivity index (χ3v) is 1.73. The summed E-state index contributed by atoms with van der Waals surface area (Å²) in [4.78, 5) is 0. The Hall–Kier alpha value is -0.690. The lowest BCUT2D eigenvalue weighted by atomic mass is 10.3. The Kier molecular flexibility index (Phi) is 4.62. The van der Waals surface area contributed by atoms with Gasteiger partial charge in [0.2, 0.25) is 0 Å². The molecule has 0 aliphatic rings. The van der Waals surface area contributed by atoms with E-state index < -0.39 is 0 Å². The number of hydrogen-bond donors (Lipinski definition) is 0. The van der Waals surface area contributed by atoms with Gasteiger partial charge in [0.15, 0.2) is 0 Å². The molecular weight excluding hydrogens is 172 g/mol. The van der Waals surface area contributed by atoms with Crippen molar-refractivity contribution in [3.63, 3.8) is 0 Å². The summed E-state index contributed by atoms with van der Waals surface area (Å²) in [7, 11) is 0. The van der Waals surface area contributed by atoms with Crippen LogP contribution in [-0.2, 0) is 0 Å². The van der Waals surface area contributed by atoms with Crippen molar-refractivity contribution in [3.8, 4) is 5.75 Å². The van der Waals surface area contributed by atoms with Crippen LogP contribution in [0.25, 0.3) is 0 Å². The molecule has 1 radical (unpaired) electrons. The zero-order valence-electron chi connectivity index (χ0n) is 6.92. The largest absolute Gasteiger partial charge is 0.493 e. The minimum Gasteiger partial charge on any atom is -0.493 e. The summed E-state index contributed by atoms with van der Waals surface area (Å²) in [5.74, 6) is 1.52. The summed E-state index contributed by atoms with van der Waals surface area (Å²) < 4.78 is 5.39. The van der Waals surface area contributed by atoms with Crippen molar-refractivity contribution in [3.05, 3.63) is 30.3 Å². The number of rotatable bonds is 5. The van der Waals surface area contributed by atoms with Gasteiger partial charge in [0.05, 0.1) is 6.61 Å². The Bertz CT molecular complexity index is 198. The van der Waals surface area contributed by atoms with Crippen molar-refractivity contribution in [2.24, 2.45) is 0 Å². The fraction of sp³-hybridized carbons (Fsp3) is 0.400. The maximum absolute atomic E-state index is 5.52. The Morgan fingerprint density at radius 2 is 2.25 bits per heavy atom. The molecule has 0 aliphatic heterocycles. The lowest BCUT2D eigenvalue weighted by Crippen LogP contribution is -1.97. The summed E-state index contributed by atoms with van der Waals surface area (Å²) in [6.07, 6.45) is 2.01. The van der Waals surface area contributed by atoms with Crippen molar-refractivity contribution in [1.82, 2.24) is 0 Å². The van der Waals surface area contributed by atoms with Crippen LogP contribution in [-0.4, -0.2) is 12.5 Å². The Morgan fingerprint density at radius 3 is 2.92 bits per heavy atom. The van der Waals surface area contributed by atoms with E-state index in [1.165, 1.54) is 0 Å². The smallest absolute Gasteiger partial charge is 0.127 e. The van der Waals surface area contributed by atoms with Crippen LogP contribution >= 0.6 is 11.6 Å². The topological polar surface area (TPSA) is 9.23 Å². The van der Waals surface area contributed by atoms with Crippen molar-refractivity contribution >= 4 is 11.6 Å². The first kappa shape index (κ1) is 9.40. The molecule has 12 heavy (non-hydrogen) atoms. The monoisotopic (exact) mass is 183 g/mol. The van der Waals surface area contributed by atoms with Gasteiger partial charge in [0.1, 0.15) is 5.75 Å². The predicted molar refractivity (Wildman–Crippen MR) is 50.7 cm³/mol. The van der Waals surface area contributed by atoms with E-state index in [0.717, 1.165) is 25.2 Å². The molecule has 0 heterocycles. The second kappa shape index (κ2) is 5.90. The standard InChI is InChI=1S/C10H12ClO/c11-8-4-5-9-12-10-6-2-1-3-7-10/h1-3,6H,4-5,8-9H2. The first-order valence-electron chi connectivity index (χ1n) is 4.09. The fourth-order valence-electron chi connectivity index (χ4n) is 0.845. The quantitative estimate of drug-likeness (QED) is 0.504. The Balaban J connectivity index is 2.16. The number of hydrogen-bond acceptors (Lipinski definition) is 1. The van der Waals surface area contributed by atoms with Gasteiger partial charge >= 0.3 is 0 Å². The molecule has 65 valence electrons. The summed E-state index contributed by atoms with van der Waals surface area (Å²) in [6, 6.07) is 10.6. The number of para-hydroxylation sites is 1. The molecule has 1 aromatic rings. The molecular formula is C10H12ClO. The minimum atomic E-state index is 0.710. The van der Waals surface area contributed by atoms with E-state index in [2.05, 4.69) is 6.07 Å². The first-order chi connectivity index (χ1) is 5.93. The first-order valence-corrected chi connectivity index (χ1v) is 4.62. The summed E-state index contributed by atoms with van der Waals surface area (Å²) in [5.41, 5.74) is 0. The van der Waals surface area contributed by atoms with E-state index in [-0.39, 0.29) is 0 Å². The number of ether oxygens (including phenoxy) is 1. The van der Waals surface area contributed by atoms with Gasteiger partial charge in [-0.1, -0.05) is 18.2 Å². The summed E-state index contributed by atoms with van der Waals surface area (Å²) in [5, 5.41) is 0. The number of alkyl halides is 1. The minimum absolute atomic E-state index is 0.710. The van der Waals surface area contributed by atoms with Crippen LogP contribution in [0.2, 0.25) is 0 Å². The van der Waals surface area contributed by atoms with E-state index in [9.17, 15) is 0 Å². The van der Waals surface area contributed by atoms with Gasteiger partial charge in [-0.2, -0.15) is 0 Å². The van der Waals surface area contributed by atoms with Gasteiger partial charge in [-0.15, -0.1) is 11.6 Å². The SMILES string of the molecule is ClCCCCOc1[c]cccc1. The molecule has 1 nitrogen and oxygen atoms in total. The maximum atomic E-state index is 5.52. The van der Waals surface area contributed by atoms with Gasteiger partial charge in [-0.3, -0.25) is 0 Å². The van der Waals surface area contributed by atoms with Gasteiger partial charge in [-0.05, 0) is 18.9 Å². The molecule has 0 aliphatic carbocycles. The highest BCUT2D eigenvalue weighted by Crippen LogP contribution is 2.07. The highest BCUT2D eigenvalue weighted by Gasteiger charge is 1.90. The Morgan fingerprint density at radius 1 is 1.33 bits per heavy atom. The maximum Gasteiger partial charge on any atom is 0.127 e. The summed E-state index contributed by atoms with van der Waals surface area (Å²) >= 11 is 5.52. The molecule has 1 aromatic carbocycles. The average molecular weight is 184 g/mol. The fourth-order valence-corrected chi connectivity index (χ4v) is 1.03. The normalized spacial score (nSPS) is 9.75. The molecule has 0 atom stereocenters. The van der Waals surface area contributed by atoms with Crippen molar-refractivity contribution in [2.75, 3.05) is 12.5 Å². The molecule has 0 N–H and O–H groups in total. The third kappa shape index (κ3) is 3.63. The molecule has 0 saturated heterocycles. The molecule has 0 aromatic heterocycles. The lowest BCUT2D eigenvalue weighted by molar-refractivity contribution is 0.309. The molecule has 1 rings (SSSR count). The highest BCUT2D eigenvalue weighted by atomic mass is 35.5. The highest BCUT2D eigenvalue weighted by molar-refractivity contribution is 6.17.